The van der Waals surface area contributed by atoms with E-state index in [2.05, 4.69) is 46.2 Å². The SMILES string of the molecule is COc1ccc(Nc2nc(NCCOCCOCCCC(=O)c3ccccc3)nc(Nc3ccc(C(=O)NCCOCCOCCN=[N+]=[N-])cc3)n2)cc1. The molecule has 1 aromatic heterocycles. The molecule has 0 aliphatic heterocycles. The number of rotatable bonds is 27. The maximum absolute atomic E-state index is 12.6. The summed E-state index contributed by atoms with van der Waals surface area (Å²) in [4.78, 5) is 41.0. The molecule has 0 radical (unpaired) electrons. The van der Waals surface area contributed by atoms with Crippen molar-refractivity contribution >= 4 is 40.9 Å². The number of carbonyl (C=O) groups is 2. The van der Waals surface area contributed by atoms with Gasteiger partial charge in [0.05, 0.1) is 53.4 Å². The van der Waals surface area contributed by atoms with E-state index in [-0.39, 0.29) is 24.2 Å². The summed E-state index contributed by atoms with van der Waals surface area (Å²) in [6.45, 7) is 4.12. The molecule has 0 unspecified atom stereocenters. The molecule has 1 amide bonds. The second-order valence-electron chi connectivity index (χ2n) is 11.3. The van der Waals surface area contributed by atoms with Crippen LogP contribution in [0.4, 0.5) is 29.2 Å². The molecule has 0 saturated carbocycles. The Balaban J connectivity index is 1.21. The van der Waals surface area contributed by atoms with Gasteiger partial charge in [0.1, 0.15) is 5.75 Å². The number of methoxy groups -OCH3 is 1. The molecule has 3 aromatic carbocycles. The molecule has 0 aliphatic carbocycles. The number of hydrogen-bond donors (Lipinski definition) is 4. The molecule has 0 spiro atoms. The molecule has 0 aliphatic rings. The summed E-state index contributed by atoms with van der Waals surface area (Å²) < 4.78 is 27.3. The van der Waals surface area contributed by atoms with E-state index < -0.39 is 0 Å². The van der Waals surface area contributed by atoms with Gasteiger partial charge in [0, 0.05) is 60.1 Å². The van der Waals surface area contributed by atoms with Crippen LogP contribution >= 0.6 is 0 Å². The molecule has 1 heterocycles. The van der Waals surface area contributed by atoms with Crippen molar-refractivity contribution in [2.45, 2.75) is 12.8 Å². The Bertz CT molecular complexity index is 1740. The highest BCUT2D eigenvalue weighted by molar-refractivity contribution is 5.96. The van der Waals surface area contributed by atoms with Crippen molar-refractivity contribution < 1.29 is 33.3 Å². The summed E-state index contributed by atoms with van der Waals surface area (Å²) in [5, 5.41) is 15.7. The molecular formula is C37H46N10O7. The molecule has 0 bridgehead atoms. The number of nitrogens with one attached hydrogen (secondary N) is 4. The third-order valence-electron chi connectivity index (χ3n) is 7.38. The smallest absolute Gasteiger partial charge is 0.251 e. The summed E-state index contributed by atoms with van der Waals surface area (Å²) in [5.74, 6) is 1.50. The van der Waals surface area contributed by atoms with Gasteiger partial charge in [-0.15, -0.1) is 0 Å². The van der Waals surface area contributed by atoms with Gasteiger partial charge in [0.2, 0.25) is 17.8 Å². The minimum atomic E-state index is -0.238. The largest absolute Gasteiger partial charge is 0.497 e. The lowest BCUT2D eigenvalue weighted by Gasteiger charge is -2.12. The number of benzene rings is 3. The highest BCUT2D eigenvalue weighted by atomic mass is 16.5. The van der Waals surface area contributed by atoms with Gasteiger partial charge in [-0.05, 0) is 60.5 Å². The number of hydrogen-bond acceptors (Lipinski definition) is 14. The molecule has 0 saturated heterocycles. The van der Waals surface area contributed by atoms with E-state index in [0.29, 0.717) is 107 Å². The highest BCUT2D eigenvalue weighted by Crippen LogP contribution is 2.21. The van der Waals surface area contributed by atoms with Crippen molar-refractivity contribution in [2.24, 2.45) is 5.11 Å². The Morgan fingerprint density at radius 2 is 1.24 bits per heavy atom. The molecule has 17 heteroatoms. The van der Waals surface area contributed by atoms with Crippen LogP contribution in [0.5, 0.6) is 5.75 Å². The maximum atomic E-state index is 12.6. The molecule has 54 heavy (non-hydrogen) atoms. The first-order valence-corrected chi connectivity index (χ1v) is 17.5. The van der Waals surface area contributed by atoms with Gasteiger partial charge < -0.3 is 45.0 Å². The Hall–Kier alpha value is -5.84. The van der Waals surface area contributed by atoms with Crippen LogP contribution in [0.15, 0.2) is 84.0 Å². The number of aromatic nitrogens is 3. The van der Waals surface area contributed by atoms with Crippen molar-refractivity contribution in [2.75, 3.05) is 95.5 Å². The van der Waals surface area contributed by atoms with Gasteiger partial charge in [0.15, 0.2) is 5.78 Å². The minimum Gasteiger partial charge on any atom is -0.497 e. The van der Waals surface area contributed by atoms with Crippen LogP contribution in [-0.4, -0.2) is 106 Å². The molecule has 4 N–H and O–H groups in total. The van der Waals surface area contributed by atoms with Gasteiger partial charge in [0.25, 0.3) is 5.91 Å². The molecule has 17 nitrogen and oxygen atoms in total. The van der Waals surface area contributed by atoms with E-state index in [1.807, 2.05) is 54.6 Å². The minimum absolute atomic E-state index is 0.109. The average Bonchev–Trinajstić information content (AvgIpc) is 3.20. The number of Topliss-reactive ketones (excluding diaryl/α,β-unsaturated/α-hetero) is 1. The van der Waals surface area contributed by atoms with Crippen LogP contribution < -0.4 is 26.0 Å². The lowest BCUT2D eigenvalue weighted by Crippen LogP contribution is -2.27. The first kappa shape index (κ1) is 40.9. The summed E-state index contributed by atoms with van der Waals surface area (Å²) in [6, 6.07) is 23.5. The zero-order valence-electron chi connectivity index (χ0n) is 30.2. The Kier molecular flexibility index (Phi) is 18.5. The Morgan fingerprint density at radius 3 is 1.87 bits per heavy atom. The first-order chi connectivity index (χ1) is 26.5. The highest BCUT2D eigenvalue weighted by Gasteiger charge is 2.10. The number of azide groups is 1. The third-order valence-corrected chi connectivity index (χ3v) is 7.38. The zero-order valence-corrected chi connectivity index (χ0v) is 30.2. The van der Waals surface area contributed by atoms with E-state index in [1.54, 1.807) is 31.4 Å². The summed E-state index contributed by atoms with van der Waals surface area (Å²) in [7, 11) is 1.60. The molecule has 4 rings (SSSR count). The fourth-order valence-electron chi connectivity index (χ4n) is 4.68. The van der Waals surface area contributed by atoms with Crippen molar-refractivity contribution in [3.8, 4) is 5.75 Å². The quantitative estimate of drug-likeness (QED) is 0.0194. The number of ketones is 1. The standard InChI is InChI=1S/C37H46N10O7/c1-50-32-15-13-31(14-16-32)43-37-45-35(40-18-22-53-25-24-51-20-5-8-33(48)28-6-3-2-4-7-28)44-36(46-37)42-30-11-9-29(10-12-30)34(49)39-17-21-52-26-27-54-23-19-41-47-38/h2-4,6-7,9-16H,5,8,17-27H2,1H3,(H,39,49)(H3,40,42,43,44,45,46). The number of nitrogens with zero attached hydrogens (tertiary/aromatic N) is 6. The first-order valence-electron chi connectivity index (χ1n) is 17.5. The number of anilines is 5. The van der Waals surface area contributed by atoms with Gasteiger partial charge in [-0.1, -0.05) is 35.4 Å². The van der Waals surface area contributed by atoms with Crippen LogP contribution in [0.25, 0.3) is 10.4 Å². The molecule has 4 aromatic rings. The van der Waals surface area contributed by atoms with E-state index in [1.165, 1.54) is 0 Å². The van der Waals surface area contributed by atoms with Crippen LogP contribution in [0, 0.1) is 0 Å². The fraction of sp³-hybridized carbons (Fsp3) is 0.378. The summed E-state index contributed by atoms with van der Waals surface area (Å²) in [6.07, 6.45) is 1.09. The van der Waals surface area contributed by atoms with E-state index in [4.69, 9.17) is 29.2 Å². The molecule has 0 fully saturated rings. The monoisotopic (exact) mass is 742 g/mol. The van der Waals surface area contributed by atoms with Crippen molar-refractivity contribution in [3.05, 3.63) is 100 Å². The number of ether oxygens (including phenoxy) is 5. The van der Waals surface area contributed by atoms with Crippen LogP contribution in [0.1, 0.15) is 33.6 Å². The van der Waals surface area contributed by atoms with E-state index in [9.17, 15) is 9.59 Å². The second kappa shape index (κ2) is 24.4. The molecular weight excluding hydrogens is 696 g/mol. The van der Waals surface area contributed by atoms with Crippen LogP contribution in [0.3, 0.4) is 0 Å². The number of carbonyl (C=O) groups excluding carboxylic acids is 2. The zero-order chi connectivity index (χ0) is 38.1. The normalized spacial score (nSPS) is 10.6. The van der Waals surface area contributed by atoms with Gasteiger partial charge in [-0.2, -0.15) is 15.0 Å². The summed E-state index contributed by atoms with van der Waals surface area (Å²) in [5.41, 5.74) is 10.9. The topological polar surface area (TPSA) is 216 Å². The van der Waals surface area contributed by atoms with E-state index in [0.717, 1.165) is 11.4 Å². The predicted molar refractivity (Wildman–Crippen MR) is 204 cm³/mol. The Morgan fingerprint density at radius 1 is 0.667 bits per heavy atom. The molecule has 0 atom stereocenters. The van der Waals surface area contributed by atoms with Crippen molar-refractivity contribution in [3.63, 3.8) is 0 Å². The fourth-order valence-corrected chi connectivity index (χ4v) is 4.68. The van der Waals surface area contributed by atoms with Crippen LogP contribution in [0.2, 0.25) is 0 Å². The summed E-state index contributed by atoms with van der Waals surface area (Å²) >= 11 is 0. The third kappa shape index (κ3) is 15.8. The van der Waals surface area contributed by atoms with Gasteiger partial charge in [-0.25, -0.2) is 0 Å². The van der Waals surface area contributed by atoms with Gasteiger partial charge in [-0.3, -0.25) is 9.59 Å². The van der Waals surface area contributed by atoms with Crippen molar-refractivity contribution in [1.29, 1.82) is 0 Å². The Labute approximate surface area is 313 Å². The van der Waals surface area contributed by atoms with Gasteiger partial charge >= 0.3 is 0 Å². The average molecular weight is 743 g/mol. The van der Waals surface area contributed by atoms with Crippen molar-refractivity contribution in [1.82, 2.24) is 20.3 Å². The number of amides is 1. The van der Waals surface area contributed by atoms with Crippen LogP contribution in [-0.2, 0) is 18.9 Å². The lowest BCUT2D eigenvalue weighted by atomic mass is 10.1. The predicted octanol–water partition coefficient (Wildman–Crippen LogP) is 5.55. The van der Waals surface area contributed by atoms with E-state index >= 15 is 0 Å². The lowest BCUT2D eigenvalue weighted by molar-refractivity contribution is 0.0497. The molecule has 286 valence electrons. The second-order valence-corrected chi connectivity index (χ2v) is 11.3. The maximum Gasteiger partial charge on any atom is 0.251 e.